The van der Waals surface area contributed by atoms with Crippen LogP contribution in [0.3, 0.4) is 0 Å². The van der Waals surface area contributed by atoms with Gasteiger partial charge in [0.15, 0.2) is 0 Å². The van der Waals surface area contributed by atoms with E-state index in [9.17, 15) is 0 Å². The summed E-state index contributed by atoms with van der Waals surface area (Å²) in [6.07, 6.45) is 4.43. The Morgan fingerprint density at radius 3 is 3.11 bits per heavy atom. The predicted octanol–water partition coefficient (Wildman–Crippen LogP) is 1.43. The summed E-state index contributed by atoms with van der Waals surface area (Å²) in [7, 11) is 0. The average Bonchev–Trinajstić information content (AvgIpc) is 1.91. The number of hydrogen-bond donors (Lipinski definition) is 1. The number of hydrogen-bond acceptors (Lipinski definition) is 2. The van der Waals surface area contributed by atoms with Gasteiger partial charge in [-0.25, -0.2) is 0 Å². The molecule has 0 aromatic rings. The van der Waals surface area contributed by atoms with Crippen LogP contribution in [0.4, 0.5) is 0 Å². The Morgan fingerprint density at radius 2 is 2.56 bits per heavy atom. The van der Waals surface area contributed by atoms with Gasteiger partial charge in [-0.05, 0) is 18.6 Å². The molecular weight excluding hydrogens is 132 g/mol. The topological polar surface area (TPSA) is 20.2 Å². The highest BCUT2D eigenvalue weighted by Crippen LogP contribution is 2.20. The number of aliphatic hydroxyl groups is 1. The fraction of sp³-hybridized carbons (Fsp3) is 0.714. The first-order chi connectivity index (χ1) is 4.43. The molecule has 0 aromatic heterocycles. The van der Waals surface area contributed by atoms with E-state index >= 15 is 0 Å². The van der Waals surface area contributed by atoms with Crippen LogP contribution in [-0.4, -0.2) is 23.2 Å². The number of rotatable bonds is 1. The first-order valence-corrected chi connectivity index (χ1v) is 4.45. The Balaban J connectivity index is 2.30. The standard InChI is InChI=1S/C7H12OS/c8-4-3-7-2-1-5-9-6-7/h3,8H,1-2,4-6H2/b7-3+. The summed E-state index contributed by atoms with van der Waals surface area (Å²) in [5.41, 5.74) is 1.42. The zero-order valence-electron chi connectivity index (χ0n) is 5.47. The molecule has 1 heterocycles. The molecule has 2 heteroatoms. The van der Waals surface area contributed by atoms with Gasteiger partial charge >= 0.3 is 0 Å². The Bertz CT molecular complexity index is 101. The van der Waals surface area contributed by atoms with Crippen LogP contribution >= 0.6 is 11.8 Å². The maximum absolute atomic E-state index is 8.53. The molecule has 0 bridgehead atoms. The fourth-order valence-corrected chi connectivity index (χ4v) is 1.98. The van der Waals surface area contributed by atoms with Gasteiger partial charge < -0.3 is 5.11 Å². The van der Waals surface area contributed by atoms with Gasteiger partial charge in [0.05, 0.1) is 6.61 Å². The number of aliphatic hydroxyl groups excluding tert-OH is 1. The van der Waals surface area contributed by atoms with Crippen molar-refractivity contribution in [1.29, 1.82) is 0 Å². The normalized spacial score (nSPS) is 24.8. The van der Waals surface area contributed by atoms with E-state index in [2.05, 4.69) is 0 Å². The highest BCUT2D eigenvalue weighted by molar-refractivity contribution is 7.99. The molecule has 0 atom stereocenters. The molecule has 0 radical (unpaired) electrons. The minimum absolute atomic E-state index is 0.218. The van der Waals surface area contributed by atoms with Crippen molar-refractivity contribution >= 4 is 11.8 Å². The first-order valence-electron chi connectivity index (χ1n) is 3.30. The molecule has 1 fully saturated rings. The largest absolute Gasteiger partial charge is 0.392 e. The van der Waals surface area contributed by atoms with Crippen molar-refractivity contribution in [3.8, 4) is 0 Å². The van der Waals surface area contributed by atoms with Gasteiger partial charge in [0, 0.05) is 5.75 Å². The van der Waals surface area contributed by atoms with Crippen LogP contribution in [0, 0.1) is 0 Å². The SMILES string of the molecule is OC/C=C1\CCCSC1. The third-order valence-electron chi connectivity index (χ3n) is 1.45. The van der Waals surface area contributed by atoms with Crippen LogP contribution in [0.15, 0.2) is 11.6 Å². The van der Waals surface area contributed by atoms with Gasteiger partial charge in [-0.15, -0.1) is 0 Å². The molecule has 1 rings (SSSR count). The molecule has 1 N–H and O–H groups in total. The van der Waals surface area contributed by atoms with Crippen LogP contribution in [0.2, 0.25) is 0 Å². The van der Waals surface area contributed by atoms with Gasteiger partial charge in [0.2, 0.25) is 0 Å². The molecule has 0 unspecified atom stereocenters. The summed E-state index contributed by atoms with van der Waals surface area (Å²) in [4.78, 5) is 0. The Kier molecular flexibility index (Phi) is 3.15. The van der Waals surface area contributed by atoms with E-state index in [1.807, 2.05) is 17.8 Å². The van der Waals surface area contributed by atoms with Gasteiger partial charge in [0.1, 0.15) is 0 Å². The Labute approximate surface area is 60.2 Å². The van der Waals surface area contributed by atoms with Crippen LogP contribution in [0.25, 0.3) is 0 Å². The summed E-state index contributed by atoms with van der Waals surface area (Å²) in [6, 6.07) is 0. The molecule has 1 nitrogen and oxygen atoms in total. The minimum atomic E-state index is 0.218. The molecule has 1 aliphatic rings. The maximum Gasteiger partial charge on any atom is 0.0615 e. The van der Waals surface area contributed by atoms with E-state index in [0.717, 1.165) is 5.75 Å². The highest BCUT2D eigenvalue weighted by atomic mass is 32.2. The van der Waals surface area contributed by atoms with E-state index in [4.69, 9.17) is 5.11 Å². The molecule has 1 aliphatic heterocycles. The zero-order valence-corrected chi connectivity index (χ0v) is 6.28. The van der Waals surface area contributed by atoms with Crippen LogP contribution in [0.5, 0.6) is 0 Å². The van der Waals surface area contributed by atoms with Crippen molar-refractivity contribution < 1.29 is 5.11 Å². The fourth-order valence-electron chi connectivity index (χ4n) is 0.967. The quantitative estimate of drug-likeness (QED) is 0.562. The van der Waals surface area contributed by atoms with E-state index in [1.165, 1.54) is 24.2 Å². The molecule has 0 aliphatic carbocycles. The van der Waals surface area contributed by atoms with Crippen molar-refractivity contribution in [2.24, 2.45) is 0 Å². The zero-order chi connectivity index (χ0) is 6.53. The molecule has 1 saturated heterocycles. The average molecular weight is 144 g/mol. The molecule has 52 valence electrons. The third kappa shape index (κ3) is 2.41. The summed E-state index contributed by atoms with van der Waals surface area (Å²) in [6.45, 7) is 0.218. The predicted molar refractivity (Wildman–Crippen MR) is 41.7 cm³/mol. The smallest absolute Gasteiger partial charge is 0.0615 e. The molecule has 0 spiro atoms. The first kappa shape index (κ1) is 7.16. The van der Waals surface area contributed by atoms with E-state index in [-0.39, 0.29) is 6.61 Å². The summed E-state index contributed by atoms with van der Waals surface area (Å²) in [5.74, 6) is 2.43. The monoisotopic (exact) mass is 144 g/mol. The van der Waals surface area contributed by atoms with Gasteiger partial charge in [0.25, 0.3) is 0 Å². The summed E-state index contributed by atoms with van der Waals surface area (Å²) in [5, 5.41) is 8.53. The second kappa shape index (κ2) is 3.96. The molecule has 9 heavy (non-hydrogen) atoms. The Morgan fingerprint density at radius 1 is 1.67 bits per heavy atom. The van der Waals surface area contributed by atoms with Gasteiger partial charge in [-0.2, -0.15) is 11.8 Å². The van der Waals surface area contributed by atoms with Gasteiger partial charge in [-0.3, -0.25) is 0 Å². The van der Waals surface area contributed by atoms with Crippen molar-refractivity contribution in [1.82, 2.24) is 0 Å². The lowest BCUT2D eigenvalue weighted by Gasteiger charge is -2.12. The molecular formula is C7H12OS. The molecule has 0 saturated carbocycles. The maximum atomic E-state index is 8.53. The summed E-state index contributed by atoms with van der Waals surface area (Å²) < 4.78 is 0. The van der Waals surface area contributed by atoms with E-state index in [1.54, 1.807) is 0 Å². The van der Waals surface area contributed by atoms with Crippen LogP contribution in [0.1, 0.15) is 12.8 Å². The van der Waals surface area contributed by atoms with E-state index < -0.39 is 0 Å². The van der Waals surface area contributed by atoms with Crippen molar-refractivity contribution in [3.63, 3.8) is 0 Å². The summed E-state index contributed by atoms with van der Waals surface area (Å²) >= 11 is 1.96. The molecule has 0 amide bonds. The minimum Gasteiger partial charge on any atom is -0.392 e. The Hall–Kier alpha value is 0.0500. The third-order valence-corrected chi connectivity index (χ3v) is 2.61. The van der Waals surface area contributed by atoms with E-state index in [0.29, 0.717) is 0 Å². The molecule has 0 aromatic carbocycles. The number of thioether (sulfide) groups is 1. The van der Waals surface area contributed by atoms with Gasteiger partial charge in [-0.1, -0.05) is 11.6 Å². The lowest BCUT2D eigenvalue weighted by atomic mass is 10.1. The van der Waals surface area contributed by atoms with Crippen molar-refractivity contribution in [3.05, 3.63) is 11.6 Å². The second-order valence-electron chi connectivity index (χ2n) is 2.20. The lowest BCUT2D eigenvalue weighted by molar-refractivity contribution is 0.341. The lowest BCUT2D eigenvalue weighted by Crippen LogP contribution is -1.98. The second-order valence-corrected chi connectivity index (χ2v) is 3.31. The van der Waals surface area contributed by atoms with Crippen molar-refractivity contribution in [2.45, 2.75) is 12.8 Å². The van der Waals surface area contributed by atoms with Crippen LogP contribution < -0.4 is 0 Å². The van der Waals surface area contributed by atoms with Crippen molar-refractivity contribution in [2.75, 3.05) is 18.1 Å². The highest BCUT2D eigenvalue weighted by Gasteiger charge is 2.03. The van der Waals surface area contributed by atoms with Crippen LogP contribution in [-0.2, 0) is 0 Å².